The lowest BCUT2D eigenvalue weighted by atomic mass is 9.76. The van der Waals surface area contributed by atoms with Crippen LogP contribution in [0.2, 0.25) is 0 Å². The van der Waals surface area contributed by atoms with E-state index in [1.54, 1.807) is 6.07 Å². The normalized spacial score (nSPS) is 25.9. The molecule has 1 aromatic rings. The molecule has 1 aromatic carbocycles. The highest BCUT2D eigenvalue weighted by Crippen LogP contribution is 2.38. The topological polar surface area (TPSA) is 23.8 Å². The number of allylic oxidation sites excluding steroid dienone is 2. The summed E-state index contributed by atoms with van der Waals surface area (Å²) in [6, 6.07) is 4.35. The summed E-state index contributed by atoms with van der Waals surface area (Å²) in [6.45, 7) is 2.28. The van der Waals surface area contributed by atoms with E-state index in [4.69, 9.17) is 5.26 Å². The van der Waals surface area contributed by atoms with E-state index in [0.29, 0.717) is 11.5 Å². The molecule has 0 N–H and O–H groups in total. The third kappa shape index (κ3) is 8.24. The van der Waals surface area contributed by atoms with Crippen LogP contribution < -0.4 is 0 Å². The quantitative estimate of drug-likeness (QED) is 0.241. The van der Waals surface area contributed by atoms with Crippen LogP contribution in [0.3, 0.4) is 0 Å². The van der Waals surface area contributed by atoms with Crippen molar-refractivity contribution in [3.63, 3.8) is 0 Å². The molecule has 0 radical (unpaired) electrons. The Kier molecular flexibility index (Phi) is 10.9. The lowest BCUT2D eigenvalue weighted by molar-refractivity contribution is 0.287. The van der Waals surface area contributed by atoms with Crippen LogP contribution in [0.1, 0.15) is 127 Å². The highest BCUT2D eigenvalue weighted by atomic mass is 19.1. The lowest BCUT2D eigenvalue weighted by Crippen LogP contribution is -2.15. The predicted molar refractivity (Wildman–Crippen MR) is 133 cm³/mol. The van der Waals surface area contributed by atoms with Gasteiger partial charge in [0.1, 0.15) is 23.3 Å². The summed E-state index contributed by atoms with van der Waals surface area (Å²) in [4.78, 5) is 0. The van der Waals surface area contributed by atoms with Gasteiger partial charge in [-0.25, -0.2) is 8.78 Å². The van der Waals surface area contributed by atoms with E-state index in [1.807, 2.05) is 0 Å². The second kappa shape index (κ2) is 13.9. The van der Waals surface area contributed by atoms with Crippen LogP contribution >= 0.6 is 0 Å². The molecule has 0 spiro atoms. The molecule has 1 nitrogen and oxygen atoms in total. The molecule has 2 aliphatic carbocycles. The number of rotatable bonds is 11. The fourth-order valence-corrected chi connectivity index (χ4v) is 5.95. The van der Waals surface area contributed by atoms with Crippen LogP contribution in [-0.4, -0.2) is 0 Å². The van der Waals surface area contributed by atoms with E-state index in [1.165, 1.54) is 89.2 Å². The number of benzene rings is 1. The minimum Gasteiger partial charge on any atom is -0.205 e. The summed E-state index contributed by atoms with van der Waals surface area (Å²) in [7, 11) is 0. The first-order valence-electron chi connectivity index (χ1n) is 13.7. The first-order chi connectivity index (χ1) is 16.1. The van der Waals surface area contributed by atoms with Gasteiger partial charge in [0.15, 0.2) is 0 Å². The maximum absolute atomic E-state index is 14.0. The first-order valence-corrected chi connectivity index (χ1v) is 13.7. The Morgan fingerprint density at radius 2 is 1.30 bits per heavy atom. The molecule has 0 unspecified atom stereocenters. The van der Waals surface area contributed by atoms with Crippen molar-refractivity contribution in [1.29, 1.82) is 5.26 Å². The van der Waals surface area contributed by atoms with Gasteiger partial charge in [0, 0.05) is 0 Å². The molecule has 0 aromatic heterocycles. The molecule has 2 aliphatic rings. The van der Waals surface area contributed by atoms with E-state index in [-0.39, 0.29) is 5.92 Å². The summed E-state index contributed by atoms with van der Waals surface area (Å²) < 4.78 is 27.9. The summed E-state index contributed by atoms with van der Waals surface area (Å²) in [5.41, 5.74) is 0.248. The average molecular weight is 456 g/mol. The smallest absolute Gasteiger partial charge is 0.144 e. The van der Waals surface area contributed by atoms with Crippen LogP contribution in [0, 0.1) is 40.7 Å². The molecular weight excluding hydrogens is 412 g/mol. The molecule has 0 atom stereocenters. The fraction of sp³-hybridized carbons (Fsp3) is 0.700. The van der Waals surface area contributed by atoms with E-state index in [0.717, 1.165) is 37.5 Å². The van der Waals surface area contributed by atoms with Gasteiger partial charge in [0.05, 0.1) is 0 Å². The Hall–Kier alpha value is -1.69. The number of nitrogens with zero attached hydrogens (tertiary/aromatic N) is 1. The van der Waals surface area contributed by atoms with Crippen molar-refractivity contribution in [3.8, 4) is 6.07 Å². The van der Waals surface area contributed by atoms with Crippen molar-refractivity contribution < 1.29 is 8.78 Å². The Morgan fingerprint density at radius 3 is 1.85 bits per heavy atom. The van der Waals surface area contributed by atoms with Gasteiger partial charge in [-0.3, -0.25) is 0 Å². The molecule has 2 fully saturated rings. The maximum atomic E-state index is 14.0. The maximum Gasteiger partial charge on any atom is 0.144 e. The van der Waals surface area contributed by atoms with Crippen molar-refractivity contribution in [3.05, 3.63) is 47.0 Å². The molecule has 0 bridgehead atoms. The zero-order valence-electron chi connectivity index (χ0n) is 20.6. The molecule has 0 saturated heterocycles. The molecule has 182 valence electrons. The van der Waals surface area contributed by atoms with Crippen molar-refractivity contribution in [2.24, 2.45) is 17.8 Å². The number of hydrogen-bond acceptors (Lipinski definition) is 1. The molecule has 0 heterocycles. The lowest BCUT2D eigenvalue weighted by Gasteiger charge is -2.29. The zero-order chi connectivity index (χ0) is 23.5. The monoisotopic (exact) mass is 455 g/mol. The molecule has 3 rings (SSSR count). The first kappa shape index (κ1) is 25.9. The summed E-state index contributed by atoms with van der Waals surface area (Å²) >= 11 is 0. The van der Waals surface area contributed by atoms with Gasteiger partial charge in [0.2, 0.25) is 0 Å². The Bertz CT molecular complexity index is 754. The Labute approximate surface area is 200 Å². The summed E-state index contributed by atoms with van der Waals surface area (Å²) in [5.74, 6) is 1.05. The van der Waals surface area contributed by atoms with Crippen LogP contribution in [-0.2, 0) is 0 Å². The summed E-state index contributed by atoms with van der Waals surface area (Å²) in [5, 5.41) is 8.86. The summed E-state index contributed by atoms with van der Waals surface area (Å²) in [6.07, 6.45) is 25.8. The zero-order valence-corrected chi connectivity index (χ0v) is 20.6. The van der Waals surface area contributed by atoms with Crippen molar-refractivity contribution in [2.45, 2.75) is 116 Å². The van der Waals surface area contributed by atoms with Gasteiger partial charge < -0.3 is 0 Å². The fourth-order valence-electron chi connectivity index (χ4n) is 5.95. The molecule has 3 heteroatoms. The standard InChI is InChI=1S/C30H43F2N/c1-2-3-4-5-6-7-8-9-23-10-12-24(13-11-23)14-15-25-16-18-26(19-17-25)27-20-29(31)28(22-33)30(32)21-27/h14-15,20-21,23-26H,2-13,16-19H2,1H3/b15-14+/t23-,24-,25-,26-. The highest BCUT2D eigenvalue weighted by Gasteiger charge is 2.24. The van der Waals surface area contributed by atoms with Crippen LogP contribution in [0.5, 0.6) is 0 Å². The molecule has 0 amide bonds. The minimum absolute atomic E-state index is 0.202. The van der Waals surface area contributed by atoms with Crippen LogP contribution in [0.4, 0.5) is 8.78 Å². The number of unbranched alkanes of at least 4 members (excludes halogenated alkanes) is 6. The van der Waals surface area contributed by atoms with E-state index in [2.05, 4.69) is 19.1 Å². The van der Waals surface area contributed by atoms with Gasteiger partial charge in [-0.1, -0.05) is 70.4 Å². The van der Waals surface area contributed by atoms with Gasteiger partial charge >= 0.3 is 0 Å². The molecular formula is C30H43F2N. The predicted octanol–water partition coefficient (Wildman–Crippen LogP) is 9.61. The van der Waals surface area contributed by atoms with Crippen LogP contribution in [0.15, 0.2) is 24.3 Å². The molecule has 33 heavy (non-hydrogen) atoms. The van der Waals surface area contributed by atoms with Crippen molar-refractivity contribution in [1.82, 2.24) is 0 Å². The van der Waals surface area contributed by atoms with Gasteiger partial charge in [0.25, 0.3) is 0 Å². The average Bonchev–Trinajstić information content (AvgIpc) is 2.83. The van der Waals surface area contributed by atoms with E-state index < -0.39 is 17.2 Å². The van der Waals surface area contributed by atoms with Crippen LogP contribution in [0.25, 0.3) is 0 Å². The third-order valence-electron chi connectivity index (χ3n) is 8.18. The molecule has 2 saturated carbocycles. The highest BCUT2D eigenvalue weighted by molar-refractivity contribution is 5.36. The minimum atomic E-state index is -0.725. The molecule has 0 aliphatic heterocycles. The Balaban J connectivity index is 1.32. The third-order valence-corrected chi connectivity index (χ3v) is 8.18. The number of nitriles is 1. The van der Waals surface area contributed by atoms with Gasteiger partial charge in [-0.15, -0.1) is 0 Å². The van der Waals surface area contributed by atoms with E-state index >= 15 is 0 Å². The SMILES string of the molecule is CCCCCCCCC[C@H]1CC[C@H](/C=C/[C@H]2CC[C@H](c3cc(F)c(C#N)c(F)c3)CC2)CC1. The second-order valence-electron chi connectivity index (χ2n) is 10.7. The van der Waals surface area contributed by atoms with Crippen molar-refractivity contribution >= 4 is 0 Å². The van der Waals surface area contributed by atoms with E-state index in [9.17, 15) is 8.78 Å². The van der Waals surface area contributed by atoms with Crippen molar-refractivity contribution in [2.75, 3.05) is 0 Å². The number of hydrogen-bond donors (Lipinski definition) is 0. The van der Waals surface area contributed by atoms with Gasteiger partial charge in [-0.05, 0) is 92.7 Å². The Morgan fingerprint density at radius 1 is 0.788 bits per heavy atom. The number of halogens is 2. The second-order valence-corrected chi connectivity index (χ2v) is 10.7. The largest absolute Gasteiger partial charge is 0.205 e. The van der Waals surface area contributed by atoms with Gasteiger partial charge in [-0.2, -0.15) is 5.26 Å².